The highest BCUT2D eigenvalue weighted by molar-refractivity contribution is 5.96. The van der Waals surface area contributed by atoms with Crippen molar-refractivity contribution in [1.29, 1.82) is 0 Å². The lowest BCUT2D eigenvalue weighted by Gasteiger charge is -2.06. The van der Waals surface area contributed by atoms with Gasteiger partial charge in [0.05, 0.1) is 26.5 Å². The Bertz CT molecular complexity index is 1090. The molecule has 2 heterocycles. The van der Waals surface area contributed by atoms with Crippen molar-refractivity contribution >= 4 is 22.6 Å². The summed E-state index contributed by atoms with van der Waals surface area (Å²) in [6.07, 6.45) is 1.54. The van der Waals surface area contributed by atoms with E-state index in [1.807, 2.05) is 0 Å². The maximum Gasteiger partial charge on any atom is 0.385 e. The third kappa shape index (κ3) is 3.47. The van der Waals surface area contributed by atoms with Crippen LogP contribution in [-0.2, 0) is 6.61 Å². The van der Waals surface area contributed by atoms with Gasteiger partial charge in [-0.2, -0.15) is 4.99 Å². The number of nitrogens with zero attached hydrogens (tertiary/aromatic N) is 1. The monoisotopic (exact) mass is 370 g/mol. The second kappa shape index (κ2) is 7.46. The number of aliphatic hydroxyl groups is 1. The number of primary amides is 1. The number of aryl methyl sites for hydroxylation is 1. The molecule has 3 aromatic rings. The van der Waals surface area contributed by atoms with Crippen LogP contribution < -0.4 is 25.8 Å². The highest BCUT2D eigenvalue weighted by Gasteiger charge is 2.18. The number of ether oxygens (including phenoxy) is 2. The third-order valence-corrected chi connectivity index (χ3v) is 4.16. The Kier molecular flexibility index (Phi) is 5.09. The smallest absolute Gasteiger partial charge is 0.385 e. The predicted molar refractivity (Wildman–Crippen MR) is 96.5 cm³/mol. The van der Waals surface area contributed by atoms with E-state index in [2.05, 4.69) is 9.98 Å². The lowest BCUT2D eigenvalue weighted by atomic mass is 10.1. The summed E-state index contributed by atoms with van der Waals surface area (Å²) in [5.74, 6) is 0.448. The van der Waals surface area contributed by atoms with Crippen LogP contribution in [0.3, 0.4) is 0 Å². The molecule has 140 valence electrons. The van der Waals surface area contributed by atoms with Crippen LogP contribution in [0.4, 0.5) is 5.69 Å². The van der Waals surface area contributed by atoms with Crippen LogP contribution >= 0.6 is 0 Å². The van der Waals surface area contributed by atoms with Gasteiger partial charge in [-0.1, -0.05) is 0 Å². The number of carbonyl (C=O) groups excluding carboxylic acids is 1. The minimum Gasteiger partial charge on any atom is -0.497 e. The molecular formula is C19H20N3O5+. The number of aromatic nitrogens is 1. The second-order valence-corrected chi connectivity index (χ2v) is 5.81. The highest BCUT2D eigenvalue weighted by Crippen LogP contribution is 2.25. The zero-order chi connectivity index (χ0) is 19.6. The molecule has 0 fully saturated rings. The number of methoxy groups -OCH3 is 2. The van der Waals surface area contributed by atoms with Gasteiger partial charge in [-0.15, -0.1) is 0 Å². The van der Waals surface area contributed by atoms with Crippen LogP contribution in [0.1, 0.15) is 21.6 Å². The van der Waals surface area contributed by atoms with E-state index < -0.39 is 5.91 Å². The van der Waals surface area contributed by atoms with E-state index in [0.29, 0.717) is 39.4 Å². The van der Waals surface area contributed by atoms with E-state index in [-0.39, 0.29) is 17.7 Å². The molecule has 0 atom stereocenters. The largest absolute Gasteiger partial charge is 0.497 e. The molecule has 0 aliphatic rings. The number of pyridine rings is 1. The molecule has 8 nitrogen and oxygen atoms in total. The lowest BCUT2D eigenvalue weighted by Crippen LogP contribution is -2.71. The first kappa shape index (κ1) is 18.4. The minimum atomic E-state index is -0.672. The molecule has 8 heteroatoms. The van der Waals surface area contributed by atoms with E-state index in [9.17, 15) is 9.90 Å². The van der Waals surface area contributed by atoms with Gasteiger partial charge < -0.3 is 24.7 Å². The van der Waals surface area contributed by atoms with Crippen molar-refractivity contribution in [2.24, 2.45) is 5.73 Å². The molecule has 2 aromatic heterocycles. The Morgan fingerprint density at radius 3 is 2.70 bits per heavy atom. The van der Waals surface area contributed by atoms with Gasteiger partial charge >= 0.3 is 5.55 Å². The van der Waals surface area contributed by atoms with Crippen molar-refractivity contribution in [3.63, 3.8) is 0 Å². The molecule has 27 heavy (non-hydrogen) atoms. The number of carbonyl (C=O) groups is 1. The van der Waals surface area contributed by atoms with Gasteiger partial charge in [0, 0.05) is 29.3 Å². The Hall–Kier alpha value is -3.39. The fourth-order valence-corrected chi connectivity index (χ4v) is 2.72. The zero-order valence-electron chi connectivity index (χ0n) is 15.2. The number of benzene rings is 1. The van der Waals surface area contributed by atoms with Gasteiger partial charge in [0.1, 0.15) is 5.75 Å². The Morgan fingerprint density at radius 2 is 2.07 bits per heavy atom. The Labute approximate surface area is 154 Å². The summed E-state index contributed by atoms with van der Waals surface area (Å²) in [6, 6.07) is 6.76. The molecule has 0 saturated carbocycles. The molecule has 0 bridgehead atoms. The summed E-state index contributed by atoms with van der Waals surface area (Å²) in [7, 11) is 3.08. The standard InChI is InChI=1S/C19H19N3O5/c1-10-17-13(11(9-23)8-21-10)7-14(18(20)24)19(27-17)22-15-5-4-12(25-2)6-16(15)26-3/h4-8,23H,9H2,1-3H3,(H2,20,24)/p+1. The summed E-state index contributed by atoms with van der Waals surface area (Å²) in [5, 5.41) is 10.1. The number of hydrogen-bond acceptors (Lipinski definition) is 6. The van der Waals surface area contributed by atoms with Crippen molar-refractivity contribution in [3.8, 4) is 11.5 Å². The van der Waals surface area contributed by atoms with E-state index in [1.54, 1.807) is 38.3 Å². The molecule has 1 amide bonds. The van der Waals surface area contributed by atoms with E-state index in [0.717, 1.165) is 0 Å². The maximum atomic E-state index is 12.0. The van der Waals surface area contributed by atoms with E-state index >= 15 is 0 Å². The number of fused-ring (bicyclic) bond motifs is 1. The van der Waals surface area contributed by atoms with Gasteiger partial charge in [-0.05, 0) is 19.1 Å². The van der Waals surface area contributed by atoms with Crippen LogP contribution in [0.2, 0.25) is 0 Å². The van der Waals surface area contributed by atoms with Crippen LogP contribution in [-0.4, -0.2) is 30.2 Å². The van der Waals surface area contributed by atoms with Gasteiger partial charge in [-0.3, -0.25) is 9.78 Å². The maximum absolute atomic E-state index is 12.0. The average Bonchev–Trinajstić information content (AvgIpc) is 2.68. The molecule has 4 N–H and O–H groups in total. The van der Waals surface area contributed by atoms with Crippen molar-refractivity contribution < 1.29 is 28.8 Å². The summed E-state index contributed by atoms with van der Waals surface area (Å²) in [4.78, 5) is 19.2. The average molecular weight is 370 g/mol. The molecule has 1 aromatic carbocycles. The molecule has 0 unspecified atom stereocenters. The summed E-state index contributed by atoms with van der Waals surface area (Å²) >= 11 is 0. The summed E-state index contributed by atoms with van der Waals surface area (Å²) < 4.78 is 16.5. The normalized spacial score (nSPS) is 11.6. The van der Waals surface area contributed by atoms with Gasteiger partial charge in [0.25, 0.3) is 5.91 Å². The first-order valence-electron chi connectivity index (χ1n) is 8.13. The molecule has 0 saturated heterocycles. The second-order valence-electron chi connectivity index (χ2n) is 5.81. The van der Waals surface area contributed by atoms with Crippen molar-refractivity contribution in [3.05, 3.63) is 52.8 Å². The van der Waals surface area contributed by atoms with Gasteiger partial charge in [0.15, 0.2) is 16.9 Å². The number of nitrogens with one attached hydrogen (secondary N) is 1. The molecular weight excluding hydrogens is 350 g/mol. The molecule has 0 spiro atoms. The van der Waals surface area contributed by atoms with Crippen LogP contribution in [0, 0.1) is 6.92 Å². The fourth-order valence-electron chi connectivity index (χ4n) is 2.72. The third-order valence-electron chi connectivity index (χ3n) is 4.16. The van der Waals surface area contributed by atoms with Gasteiger partial charge in [0.2, 0.25) is 5.69 Å². The molecule has 0 aliphatic carbocycles. The van der Waals surface area contributed by atoms with Crippen molar-refractivity contribution in [2.45, 2.75) is 13.5 Å². The number of hydrogen-bond donors (Lipinski definition) is 3. The Balaban J connectivity index is 2.34. The minimum absolute atomic E-state index is 0.140. The fraction of sp³-hybridized carbons (Fsp3) is 0.211. The number of amides is 1. The van der Waals surface area contributed by atoms with Crippen LogP contribution in [0.5, 0.6) is 11.5 Å². The van der Waals surface area contributed by atoms with E-state index in [1.165, 1.54) is 13.3 Å². The summed E-state index contributed by atoms with van der Waals surface area (Å²) in [5.41, 5.74) is 7.99. The molecule has 3 rings (SSSR count). The topological polar surface area (TPSA) is 122 Å². The van der Waals surface area contributed by atoms with Crippen molar-refractivity contribution in [2.75, 3.05) is 14.2 Å². The molecule has 0 radical (unpaired) electrons. The predicted octanol–water partition coefficient (Wildman–Crippen LogP) is 0.0576. The van der Waals surface area contributed by atoms with E-state index in [4.69, 9.17) is 19.6 Å². The SMILES string of the molecule is COc1ccc([NH+]=c2oc3c(C)ncc(CO)c3cc2C(N)=O)c(OC)c1. The van der Waals surface area contributed by atoms with Crippen molar-refractivity contribution in [1.82, 2.24) is 4.98 Å². The first-order valence-corrected chi connectivity index (χ1v) is 8.13. The van der Waals surface area contributed by atoms with Crippen LogP contribution in [0.15, 0.2) is 34.9 Å². The number of nitrogens with two attached hydrogens (primary N) is 1. The molecule has 0 aliphatic heterocycles. The van der Waals surface area contributed by atoms with Gasteiger partial charge in [-0.25, -0.2) is 0 Å². The first-order chi connectivity index (χ1) is 13.0. The Morgan fingerprint density at radius 1 is 1.30 bits per heavy atom. The van der Waals surface area contributed by atoms with Crippen LogP contribution in [0.25, 0.3) is 11.0 Å². The highest BCUT2D eigenvalue weighted by atomic mass is 16.5. The number of aliphatic hydroxyl groups excluding tert-OH is 1. The lowest BCUT2D eigenvalue weighted by molar-refractivity contribution is -0.418. The number of rotatable bonds is 5. The summed E-state index contributed by atoms with van der Waals surface area (Å²) in [6.45, 7) is 1.53. The zero-order valence-corrected chi connectivity index (χ0v) is 15.2. The quantitative estimate of drug-likeness (QED) is 0.584.